The number of ether oxygens (including phenoxy) is 6. The molecular weight excluding hydrogens is 957 g/mol. The maximum Gasteiger partial charge on any atom is 0.407 e. The molecule has 388 valence electrons. The molecule has 7 aromatic rings. The van der Waals surface area contributed by atoms with Crippen molar-refractivity contribution < 1.29 is 42.4 Å². The second-order valence-corrected chi connectivity index (χ2v) is 24.4. The van der Waals surface area contributed by atoms with Crippen LogP contribution in [0.5, 0.6) is 11.5 Å². The number of carbonyl (C=O) groups excluding carboxylic acids is 2. The predicted octanol–water partition coefficient (Wildman–Crippen LogP) is 10.1. The van der Waals surface area contributed by atoms with E-state index in [4.69, 9.17) is 32.8 Å². The summed E-state index contributed by atoms with van der Waals surface area (Å²) in [6.45, 7) is 8.35. The van der Waals surface area contributed by atoms with Crippen molar-refractivity contribution in [2.75, 3.05) is 67.0 Å². The zero-order chi connectivity index (χ0) is 52.3. The monoisotopic (exact) mass is 1020 g/mol. The van der Waals surface area contributed by atoms with E-state index >= 15 is 0 Å². The summed E-state index contributed by atoms with van der Waals surface area (Å²) < 4.78 is 44.0. The van der Waals surface area contributed by atoms with Gasteiger partial charge in [0.15, 0.2) is 0 Å². The number of alkyl carbamates (subject to hydrolysis) is 1. The number of fused-ring (bicyclic) bond motifs is 3. The lowest BCUT2D eigenvalue weighted by atomic mass is 9.79. The van der Waals surface area contributed by atoms with Crippen LogP contribution in [-0.4, -0.2) is 104 Å². The Morgan fingerprint density at radius 3 is 1.61 bits per heavy atom. The highest BCUT2D eigenvalue weighted by Crippen LogP contribution is 2.46. The number of benzene rings is 7. The van der Waals surface area contributed by atoms with E-state index in [1.165, 1.54) is 11.1 Å². The van der Waals surface area contributed by atoms with Crippen LogP contribution in [0.3, 0.4) is 0 Å². The first-order valence-electron chi connectivity index (χ1n) is 25.9. The lowest BCUT2D eigenvalue weighted by molar-refractivity contribution is -0.138. The van der Waals surface area contributed by atoms with Gasteiger partial charge in [-0.25, -0.2) is 4.79 Å². The lowest BCUT2D eigenvalue weighted by Crippen LogP contribution is -2.67. The van der Waals surface area contributed by atoms with Gasteiger partial charge in [-0.2, -0.15) is 0 Å². The van der Waals surface area contributed by atoms with Crippen molar-refractivity contribution in [1.82, 2.24) is 10.2 Å². The predicted molar refractivity (Wildman–Crippen MR) is 296 cm³/mol. The fourth-order valence-corrected chi connectivity index (χ4v) is 15.6. The average molecular weight is 1030 g/mol. The third-order valence-corrected chi connectivity index (χ3v) is 19.6. The van der Waals surface area contributed by atoms with Gasteiger partial charge in [0.25, 0.3) is 8.32 Å². The Balaban J connectivity index is 0.898. The summed E-state index contributed by atoms with van der Waals surface area (Å²) in [5.41, 5.74) is 6.31. The van der Waals surface area contributed by atoms with Crippen molar-refractivity contribution in [2.24, 2.45) is 0 Å². The van der Waals surface area contributed by atoms with Crippen LogP contribution >= 0.6 is 0 Å². The minimum Gasteiger partial charge on any atom is -0.497 e. The number of hydrogen-bond acceptors (Lipinski definition) is 9. The van der Waals surface area contributed by atoms with Gasteiger partial charge in [0.2, 0.25) is 5.91 Å². The number of methoxy groups -OCH3 is 2. The zero-order valence-electron chi connectivity index (χ0n) is 43.6. The van der Waals surface area contributed by atoms with E-state index in [0.29, 0.717) is 13.0 Å². The van der Waals surface area contributed by atoms with Gasteiger partial charge in [-0.15, -0.1) is 0 Å². The molecule has 0 spiro atoms. The van der Waals surface area contributed by atoms with Crippen LogP contribution in [0.15, 0.2) is 188 Å². The Labute approximate surface area is 442 Å². The first-order valence-corrected chi connectivity index (χ1v) is 27.8. The van der Waals surface area contributed by atoms with Gasteiger partial charge < -0.3 is 43.1 Å². The largest absolute Gasteiger partial charge is 0.497 e. The SMILES string of the molecule is COc1ccc(C(O[C@@H]2C[C@@H](CO[Si](c3ccccc3)(c3ccccc3)C(C)(C)C)N(C(=O)COCCOCCNC(=O)OCC3c4ccccc4-c4ccccc43)C2)(c2ccccc2)c2ccc(OC)cc2)cc1. The summed E-state index contributed by atoms with van der Waals surface area (Å²) in [6.07, 6.45) is -0.430. The molecule has 0 aromatic heterocycles. The molecule has 9 rings (SSSR count). The van der Waals surface area contributed by atoms with E-state index in [9.17, 15) is 9.59 Å². The molecule has 0 bridgehead atoms. The van der Waals surface area contributed by atoms with E-state index in [2.05, 4.69) is 111 Å². The number of amides is 2. The zero-order valence-corrected chi connectivity index (χ0v) is 44.6. The topological polar surface area (TPSA) is 114 Å². The van der Waals surface area contributed by atoms with Gasteiger partial charge >= 0.3 is 6.09 Å². The average Bonchev–Trinajstić information content (AvgIpc) is 4.01. The number of carbonyl (C=O) groups is 2. The molecule has 2 amide bonds. The molecule has 2 aliphatic rings. The van der Waals surface area contributed by atoms with Crippen molar-refractivity contribution in [2.45, 2.75) is 55.9 Å². The van der Waals surface area contributed by atoms with Crippen molar-refractivity contribution in [1.29, 1.82) is 0 Å². The fourth-order valence-electron chi connectivity index (χ4n) is 11.0. The molecule has 2 atom stereocenters. The maximum absolute atomic E-state index is 14.7. The molecule has 1 heterocycles. The van der Waals surface area contributed by atoms with E-state index in [1.54, 1.807) is 14.2 Å². The smallest absolute Gasteiger partial charge is 0.407 e. The molecule has 0 unspecified atom stereocenters. The molecule has 75 heavy (non-hydrogen) atoms. The minimum atomic E-state index is -3.00. The summed E-state index contributed by atoms with van der Waals surface area (Å²) in [6, 6.07) is 63.5. The summed E-state index contributed by atoms with van der Waals surface area (Å²) in [5.74, 6) is 1.26. The normalized spacial score (nSPS) is 15.5. The molecular formula is C63H68N2O9Si. The molecule has 1 N–H and O–H groups in total. The molecule has 12 heteroatoms. The van der Waals surface area contributed by atoms with E-state index in [0.717, 1.165) is 49.7 Å². The van der Waals surface area contributed by atoms with Gasteiger partial charge in [0, 0.05) is 19.0 Å². The Morgan fingerprint density at radius 1 is 0.587 bits per heavy atom. The third-order valence-electron chi connectivity index (χ3n) is 14.6. The summed E-state index contributed by atoms with van der Waals surface area (Å²) in [5, 5.41) is 4.84. The van der Waals surface area contributed by atoms with Crippen molar-refractivity contribution >= 4 is 30.7 Å². The second kappa shape index (κ2) is 24.1. The van der Waals surface area contributed by atoms with Crippen molar-refractivity contribution in [3.05, 3.63) is 216 Å². The molecule has 11 nitrogen and oxygen atoms in total. The standard InChI is InChI=1S/C63H68N2O9Si/c1-62(2,3)75(53-21-11-7-12-22-53,54-23-13-8-14-24-54)73-43-49-41-52(74-63(46-19-9-6-10-20-46,47-29-33-50(68-4)34-30-47)48-31-35-51(69-5)36-32-48)42-65(49)60(66)45-71-40-39-70-38-37-64-61(67)72-44-59-57-27-17-15-25-55(57)56-26-16-18-28-58(56)59/h6-36,49,52,59H,37-45H2,1-5H3,(H,64,67)/t49-,52+/m0/s1. The van der Waals surface area contributed by atoms with Crippen LogP contribution in [0.4, 0.5) is 4.79 Å². The number of hydrogen-bond donors (Lipinski definition) is 1. The van der Waals surface area contributed by atoms with Crippen LogP contribution in [0.25, 0.3) is 11.1 Å². The Bertz CT molecular complexity index is 2820. The Kier molecular flexibility index (Phi) is 16.9. The van der Waals surface area contributed by atoms with E-state index in [-0.39, 0.29) is 69.1 Å². The molecule has 1 saturated heterocycles. The Morgan fingerprint density at radius 2 is 1.08 bits per heavy atom. The van der Waals surface area contributed by atoms with E-state index < -0.39 is 26.1 Å². The van der Waals surface area contributed by atoms with Crippen molar-refractivity contribution in [3.8, 4) is 22.6 Å². The fraction of sp³-hybridized carbons (Fsp3) is 0.302. The molecule has 1 aliphatic heterocycles. The number of likely N-dealkylation sites (tertiary alicyclic amines) is 1. The lowest BCUT2D eigenvalue weighted by Gasteiger charge is -2.44. The van der Waals surface area contributed by atoms with Gasteiger partial charge in [0.1, 0.15) is 30.3 Å². The van der Waals surface area contributed by atoms with Gasteiger partial charge in [0.05, 0.1) is 52.8 Å². The quantitative estimate of drug-likeness (QED) is 0.0403. The summed E-state index contributed by atoms with van der Waals surface area (Å²) in [4.78, 5) is 29.3. The molecule has 0 radical (unpaired) electrons. The summed E-state index contributed by atoms with van der Waals surface area (Å²) in [7, 11) is 0.313. The van der Waals surface area contributed by atoms with Crippen LogP contribution in [0.1, 0.15) is 60.9 Å². The first kappa shape index (κ1) is 52.8. The third kappa shape index (κ3) is 11.5. The van der Waals surface area contributed by atoms with Crippen LogP contribution in [-0.2, 0) is 33.8 Å². The number of rotatable bonds is 22. The number of nitrogens with zero attached hydrogens (tertiary/aromatic N) is 1. The van der Waals surface area contributed by atoms with Gasteiger partial charge in [-0.05, 0) is 85.0 Å². The Hall–Kier alpha value is -7.06. The maximum atomic E-state index is 14.7. The van der Waals surface area contributed by atoms with Crippen molar-refractivity contribution in [3.63, 3.8) is 0 Å². The van der Waals surface area contributed by atoms with E-state index in [1.807, 2.05) is 108 Å². The van der Waals surface area contributed by atoms with Gasteiger partial charge in [-0.1, -0.05) is 185 Å². The molecule has 1 aliphatic carbocycles. The van der Waals surface area contributed by atoms with Crippen LogP contribution < -0.4 is 25.2 Å². The van der Waals surface area contributed by atoms with Crippen LogP contribution in [0.2, 0.25) is 5.04 Å². The minimum absolute atomic E-state index is 0.0231. The highest BCUT2D eigenvalue weighted by Gasteiger charge is 2.52. The summed E-state index contributed by atoms with van der Waals surface area (Å²) >= 11 is 0. The highest BCUT2D eigenvalue weighted by atomic mass is 28.4. The molecule has 1 fully saturated rings. The molecule has 7 aromatic carbocycles. The molecule has 0 saturated carbocycles. The van der Waals surface area contributed by atoms with Gasteiger partial charge in [-0.3, -0.25) is 4.79 Å². The second-order valence-electron chi connectivity index (χ2n) is 20.1. The van der Waals surface area contributed by atoms with Crippen LogP contribution in [0, 0.1) is 0 Å². The first-order chi connectivity index (χ1) is 36.6. The number of nitrogens with one attached hydrogen (secondary N) is 1. The highest BCUT2D eigenvalue weighted by molar-refractivity contribution is 6.99.